The van der Waals surface area contributed by atoms with Gasteiger partial charge >= 0.3 is 24.3 Å². The summed E-state index contributed by atoms with van der Waals surface area (Å²) in [5.41, 5.74) is -0.569. The average Bonchev–Trinajstić information content (AvgIpc) is 2.43. The Bertz CT molecular complexity index is 639. The highest BCUT2D eigenvalue weighted by atomic mass is 19.4. The number of carboxylic acids is 2. The normalized spacial score (nSPS) is 11.3. The monoisotopic (exact) mass is 375 g/mol. The highest BCUT2D eigenvalue weighted by Gasteiger charge is 2.45. The van der Waals surface area contributed by atoms with Crippen LogP contribution in [0.2, 0.25) is 0 Å². The molecule has 0 radical (unpaired) electrons. The summed E-state index contributed by atoms with van der Waals surface area (Å²) in [5, 5.41) is 15.8. The zero-order valence-corrected chi connectivity index (χ0v) is 12.1. The summed E-state index contributed by atoms with van der Waals surface area (Å²) < 4.78 is 74.6. The minimum Gasteiger partial charge on any atom is -0.481 e. The molecule has 0 saturated heterocycles. The van der Waals surface area contributed by atoms with E-state index in [1.165, 1.54) is 0 Å². The number of hydrogen-bond acceptors (Lipinski definition) is 3. The van der Waals surface area contributed by atoms with E-state index in [0.717, 1.165) is 0 Å². The summed E-state index contributed by atoms with van der Waals surface area (Å²) in [6.07, 6.45) is -11.1. The van der Waals surface area contributed by atoms with Gasteiger partial charge in [0.05, 0.1) is 29.5 Å². The van der Waals surface area contributed by atoms with Crippen molar-refractivity contribution in [3.63, 3.8) is 0 Å². The summed E-state index contributed by atoms with van der Waals surface area (Å²) in [6.45, 7) is 0. The van der Waals surface area contributed by atoms with Crippen molar-refractivity contribution in [3.8, 4) is 0 Å². The largest absolute Gasteiger partial charge is 0.481 e. The molecule has 0 heterocycles. The van der Waals surface area contributed by atoms with Crippen LogP contribution in [-0.2, 0) is 21.9 Å². The minimum absolute atomic E-state index is 0.245. The number of rotatable bonds is 4. The Morgan fingerprint density at radius 3 is 1.60 bits per heavy atom. The van der Waals surface area contributed by atoms with Crippen molar-refractivity contribution in [2.75, 3.05) is 0 Å². The number of nitrogens with two attached hydrogens (primary N) is 1. The highest BCUT2D eigenvalue weighted by molar-refractivity contribution is 5.95. The number of carbonyl (C=O) groups is 3. The molecule has 0 spiro atoms. The summed E-state index contributed by atoms with van der Waals surface area (Å²) in [5.74, 6) is -3.72. The fourth-order valence-electron chi connectivity index (χ4n) is 1.51. The lowest BCUT2D eigenvalue weighted by Gasteiger charge is -2.17. The van der Waals surface area contributed by atoms with Gasteiger partial charge in [0.15, 0.2) is 0 Å². The quantitative estimate of drug-likeness (QED) is 0.700. The highest BCUT2D eigenvalue weighted by Crippen LogP contribution is 2.41. The van der Waals surface area contributed by atoms with Crippen LogP contribution in [0, 0.1) is 0 Å². The van der Waals surface area contributed by atoms with E-state index in [2.05, 4.69) is 5.73 Å². The van der Waals surface area contributed by atoms with Gasteiger partial charge in [0.2, 0.25) is 5.91 Å². The van der Waals surface area contributed by atoms with Crippen molar-refractivity contribution in [3.05, 3.63) is 34.9 Å². The van der Waals surface area contributed by atoms with Crippen LogP contribution in [0.1, 0.15) is 34.3 Å². The molecule has 0 aliphatic rings. The maximum absolute atomic E-state index is 12.5. The van der Waals surface area contributed by atoms with E-state index in [0.29, 0.717) is 12.1 Å². The molecule has 25 heavy (non-hydrogen) atoms. The van der Waals surface area contributed by atoms with E-state index in [9.17, 15) is 40.7 Å². The smallest absolute Gasteiger partial charge is 0.417 e. The first-order valence-electron chi connectivity index (χ1n) is 6.18. The molecule has 0 aliphatic carbocycles. The number of hydrogen-bond donors (Lipinski definition) is 3. The molecule has 0 bridgehead atoms. The van der Waals surface area contributed by atoms with Crippen LogP contribution in [0.3, 0.4) is 0 Å². The van der Waals surface area contributed by atoms with Crippen LogP contribution >= 0.6 is 0 Å². The molecule has 1 rings (SSSR count). The van der Waals surface area contributed by atoms with Crippen molar-refractivity contribution in [1.82, 2.24) is 0 Å². The molecule has 0 aliphatic heterocycles. The van der Waals surface area contributed by atoms with Crippen molar-refractivity contribution in [2.24, 2.45) is 5.73 Å². The second-order valence-electron chi connectivity index (χ2n) is 4.38. The maximum Gasteiger partial charge on any atom is 0.417 e. The third-order valence-electron chi connectivity index (χ3n) is 2.47. The molecule has 1 aromatic rings. The van der Waals surface area contributed by atoms with Crippen LogP contribution in [0.15, 0.2) is 18.2 Å². The second kappa shape index (κ2) is 8.35. The zero-order valence-electron chi connectivity index (χ0n) is 12.1. The van der Waals surface area contributed by atoms with Gasteiger partial charge in [-0.3, -0.25) is 14.4 Å². The van der Waals surface area contributed by atoms with E-state index in [1.807, 2.05) is 0 Å². The van der Waals surface area contributed by atoms with Crippen LogP contribution in [0.4, 0.5) is 26.3 Å². The number of aliphatic carboxylic acids is 2. The summed E-state index contributed by atoms with van der Waals surface area (Å²) >= 11 is 0. The minimum atomic E-state index is -5.31. The van der Waals surface area contributed by atoms with Gasteiger partial charge in [0.25, 0.3) is 0 Å². The number of alkyl halides is 6. The first-order chi connectivity index (χ1) is 11.2. The summed E-state index contributed by atoms with van der Waals surface area (Å²) in [6, 6.07) is 1.54. The Balaban J connectivity index is 0.000000609. The Morgan fingerprint density at radius 1 is 0.880 bits per heavy atom. The third-order valence-corrected chi connectivity index (χ3v) is 2.47. The maximum atomic E-state index is 12.5. The molecule has 4 N–H and O–H groups in total. The van der Waals surface area contributed by atoms with Gasteiger partial charge in [0, 0.05) is 0 Å². The van der Waals surface area contributed by atoms with Crippen LogP contribution in [0.25, 0.3) is 0 Å². The molecular weight excluding hydrogens is 364 g/mol. The van der Waals surface area contributed by atoms with Crippen LogP contribution in [-0.4, -0.2) is 28.1 Å². The first kappa shape index (κ1) is 22.2. The van der Waals surface area contributed by atoms with Crippen molar-refractivity contribution < 1.29 is 50.9 Å². The molecule has 0 unspecified atom stereocenters. The molecule has 0 atom stereocenters. The number of primary amides is 1. The van der Waals surface area contributed by atoms with Crippen molar-refractivity contribution in [1.29, 1.82) is 0 Å². The standard InChI is InChI=1S/C9H5F6NO.C4H6O4/c10-8(11,12)5-3-1-2-4(7(16)17)6(5)9(13,14)15;5-3(6)1-2-4(7)8/h1-3H,(H2,16,17);1-2H2,(H,5,6)(H,7,8). The molecule has 12 heteroatoms. The fourth-order valence-corrected chi connectivity index (χ4v) is 1.51. The molecular formula is C13H11F6NO5. The van der Waals surface area contributed by atoms with E-state index in [4.69, 9.17) is 10.2 Å². The number of carbonyl (C=O) groups excluding carboxylic acids is 1. The Morgan fingerprint density at radius 2 is 1.32 bits per heavy atom. The van der Waals surface area contributed by atoms with E-state index in [-0.39, 0.29) is 18.9 Å². The molecule has 0 fully saturated rings. The Kier molecular flexibility index (Phi) is 7.42. The summed E-state index contributed by atoms with van der Waals surface area (Å²) in [7, 11) is 0. The fraction of sp³-hybridized carbons (Fsp3) is 0.308. The number of halogens is 6. The van der Waals surface area contributed by atoms with Gasteiger partial charge in [0.1, 0.15) is 0 Å². The molecule has 1 amide bonds. The lowest BCUT2D eigenvalue weighted by molar-refractivity contribution is -0.162. The lowest BCUT2D eigenvalue weighted by atomic mass is 9.99. The number of benzene rings is 1. The van der Waals surface area contributed by atoms with Gasteiger partial charge in [-0.05, 0) is 12.1 Å². The Hall–Kier alpha value is -2.79. The van der Waals surface area contributed by atoms with Crippen molar-refractivity contribution in [2.45, 2.75) is 25.2 Å². The molecule has 1 aromatic carbocycles. The van der Waals surface area contributed by atoms with Crippen molar-refractivity contribution >= 4 is 17.8 Å². The van der Waals surface area contributed by atoms with E-state index < -0.39 is 46.9 Å². The SMILES string of the molecule is NC(=O)c1cccc(C(F)(F)F)c1C(F)(F)F.O=C(O)CCC(=O)O. The van der Waals surface area contributed by atoms with E-state index in [1.54, 1.807) is 0 Å². The predicted molar refractivity (Wildman–Crippen MR) is 69.5 cm³/mol. The molecule has 0 aromatic heterocycles. The zero-order chi connectivity index (χ0) is 20.0. The van der Waals surface area contributed by atoms with Crippen LogP contribution < -0.4 is 5.73 Å². The summed E-state index contributed by atoms with van der Waals surface area (Å²) in [4.78, 5) is 30.0. The Labute approximate surface area is 135 Å². The molecule has 0 saturated carbocycles. The number of amides is 1. The van der Waals surface area contributed by atoms with Gasteiger partial charge < -0.3 is 15.9 Å². The topological polar surface area (TPSA) is 118 Å². The molecule has 6 nitrogen and oxygen atoms in total. The third kappa shape index (κ3) is 7.54. The average molecular weight is 375 g/mol. The number of carboxylic acid groups (broad SMARTS) is 2. The second-order valence-corrected chi connectivity index (χ2v) is 4.38. The lowest BCUT2D eigenvalue weighted by Crippen LogP contribution is -2.23. The first-order valence-corrected chi connectivity index (χ1v) is 6.18. The van der Waals surface area contributed by atoms with Gasteiger partial charge in [-0.1, -0.05) is 6.07 Å². The van der Waals surface area contributed by atoms with Gasteiger partial charge in [-0.15, -0.1) is 0 Å². The van der Waals surface area contributed by atoms with Gasteiger partial charge in [-0.2, -0.15) is 26.3 Å². The van der Waals surface area contributed by atoms with Crippen LogP contribution in [0.5, 0.6) is 0 Å². The molecule has 140 valence electrons. The van der Waals surface area contributed by atoms with E-state index >= 15 is 0 Å². The predicted octanol–water partition coefficient (Wildman–Crippen LogP) is 2.76. The van der Waals surface area contributed by atoms with Gasteiger partial charge in [-0.25, -0.2) is 0 Å².